The first-order valence-corrected chi connectivity index (χ1v) is 1.76. The Kier molecular flexibility index (Phi) is 2.15. The second kappa shape index (κ2) is 2.41. The van der Waals surface area contributed by atoms with E-state index in [9.17, 15) is 9.59 Å². The van der Waals surface area contributed by atoms with Gasteiger partial charge in [0.15, 0.2) is 0 Å². The van der Waals surface area contributed by atoms with Crippen LogP contribution >= 0.6 is 11.6 Å². The first-order chi connectivity index (χ1) is 3.13. The predicted octanol–water partition coefficient (Wildman–Crippen LogP) is 0.0135. The SMILES string of the molecule is NC(=O)NC(=O)Cl. The fourth-order valence-corrected chi connectivity index (χ4v) is 0.190. The van der Waals surface area contributed by atoms with Gasteiger partial charge in [-0.25, -0.2) is 4.79 Å². The fraction of sp³-hybridized carbons (Fsp3) is 0. The van der Waals surface area contributed by atoms with E-state index in [-0.39, 0.29) is 0 Å². The van der Waals surface area contributed by atoms with Gasteiger partial charge in [0, 0.05) is 0 Å². The van der Waals surface area contributed by atoms with E-state index >= 15 is 0 Å². The molecule has 0 aromatic heterocycles. The van der Waals surface area contributed by atoms with Gasteiger partial charge in [-0.15, -0.1) is 0 Å². The van der Waals surface area contributed by atoms with E-state index in [0.717, 1.165) is 0 Å². The number of halogens is 1. The number of carbonyl (C=O) groups is 2. The van der Waals surface area contributed by atoms with Crippen molar-refractivity contribution in [3.63, 3.8) is 0 Å². The number of primary amides is 1. The first kappa shape index (κ1) is 6.23. The second-order valence-corrected chi connectivity index (χ2v) is 1.11. The van der Waals surface area contributed by atoms with Crippen molar-refractivity contribution in [3.05, 3.63) is 0 Å². The molecule has 0 saturated carbocycles. The van der Waals surface area contributed by atoms with Gasteiger partial charge in [0.1, 0.15) is 0 Å². The molecule has 0 atom stereocenters. The number of rotatable bonds is 0. The standard InChI is InChI=1S/C2H3ClN2O2/c3-1(6)5-2(4)7/h(H3,4,5,6,7). The van der Waals surface area contributed by atoms with Crippen LogP contribution in [0.5, 0.6) is 0 Å². The third-order valence-corrected chi connectivity index (χ3v) is 0.316. The van der Waals surface area contributed by atoms with Crippen LogP contribution in [0.3, 0.4) is 0 Å². The molecule has 0 unspecified atom stereocenters. The fourth-order valence-electron chi connectivity index (χ4n) is 0.0969. The summed E-state index contributed by atoms with van der Waals surface area (Å²) in [7, 11) is 0. The molecule has 0 aliphatic rings. The minimum atomic E-state index is -0.965. The Bertz CT molecular complexity index is 89.9. The molecule has 40 valence electrons. The van der Waals surface area contributed by atoms with Crippen LogP contribution in [-0.2, 0) is 0 Å². The largest absolute Gasteiger partial charge is 0.351 e. The van der Waals surface area contributed by atoms with Crippen LogP contribution in [0.25, 0.3) is 0 Å². The lowest BCUT2D eigenvalue weighted by molar-refractivity contribution is 0.242. The molecule has 0 aliphatic heterocycles. The lowest BCUT2D eigenvalue weighted by atomic mass is 11.0. The van der Waals surface area contributed by atoms with Gasteiger partial charge in [-0.3, -0.25) is 10.1 Å². The van der Waals surface area contributed by atoms with E-state index in [4.69, 9.17) is 0 Å². The average molecular weight is 123 g/mol. The van der Waals surface area contributed by atoms with Gasteiger partial charge < -0.3 is 5.73 Å². The molecule has 0 fully saturated rings. The topological polar surface area (TPSA) is 72.2 Å². The summed E-state index contributed by atoms with van der Waals surface area (Å²) in [5.74, 6) is 0. The van der Waals surface area contributed by atoms with E-state index in [2.05, 4.69) is 17.3 Å². The molecule has 0 aliphatic carbocycles. The number of nitrogens with one attached hydrogen (secondary N) is 1. The quantitative estimate of drug-likeness (QED) is 0.351. The first-order valence-electron chi connectivity index (χ1n) is 1.39. The maximum absolute atomic E-state index is 9.62. The highest BCUT2D eigenvalue weighted by Gasteiger charge is 1.94. The Morgan fingerprint density at radius 1 is 1.57 bits per heavy atom. The maximum Gasteiger partial charge on any atom is 0.321 e. The van der Waals surface area contributed by atoms with Gasteiger partial charge in [-0.1, -0.05) is 0 Å². The molecule has 0 radical (unpaired) electrons. The summed E-state index contributed by atoms with van der Waals surface area (Å²) in [5, 5.41) is 0.606. The highest BCUT2D eigenvalue weighted by molar-refractivity contribution is 6.64. The van der Waals surface area contributed by atoms with Crippen LogP contribution in [0.2, 0.25) is 0 Å². The number of hydrogen-bond acceptors (Lipinski definition) is 2. The second-order valence-electron chi connectivity index (χ2n) is 0.763. The molecule has 0 rings (SSSR count). The molecule has 7 heavy (non-hydrogen) atoms. The van der Waals surface area contributed by atoms with Crippen molar-refractivity contribution in [2.24, 2.45) is 5.73 Å². The Labute approximate surface area is 44.6 Å². The summed E-state index contributed by atoms with van der Waals surface area (Å²) in [6.07, 6.45) is 0. The van der Waals surface area contributed by atoms with Gasteiger partial charge in [0.25, 0.3) is 0 Å². The van der Waals surface area contributed by atoms with Gasteiger partial charge in [0.2, 0.25) is 0 Å². The van der Waals surface area contributed by atoms with Crippen molar-refractivity contribution in [1.29, 1.82) is 0 Å². The van der Waals surface area contributed by atoms with Crippen molar-refractivity contribution in [3.8, 4) is 0 Å². The summed E-state index contributed by atoms with van der Waals surface area (Å²) in [4.78, 5) is 19.2. The number of carbonyl (C=O) groups excluding carboxylic acids is 2. The molecule has 0 heterocycles. The minimum Gasteiger partial charge on any atom is -0.351 e. The summed E-state index contributed by atoms with van der Waals surface area (Å²) < 4.78 is 0. The monoisotopic (exact) mass is 122 g/mol. The third-order valence-electron chi connectivity index (χ3n) is 0.221. The molecule has 3 amide bonds. The van der Waals surface area contributed by atoms with Gasteiger partial charge >= 0.3 is 11.4 Å². The predicted molar refractivity (Wildman–Crippen MR) is 24.0 cm³/mol. The van der Waals surface area contributed by atoms with Gasteiger partial charge in [0.05, 0.1) is 0 Å². The smallest absolute Gasteiger partial charge is 0.321 e. The van der Waals surface area contributed by atoms with E-state index in [1.54, 1.807) is 5.32 Å². The van der Waals surface area contributed by atoms with Gasteiger partial charge in [-0.2, -0.15) is 0 Å². The third kappa shape index (κ3) is 5.23. The van der Waals surface area contributed by atoms with Crippen LogP contribution in [0.4, 0.5) is 9.59 Å². The van der Waals surface area contributed by atoms with Crippen molar-refractivity contribution in [2.45, 2.75) is 0 Å². The zero-order valence-corrected chi connectivity index (χ0v) is 4.03. The zero-order chi connectivity index (χ0) is 5.86. The molecule has 5 heteroatoms. The molecule has 0 aromatic carbocycles. The van der Waals surface area contributed by atoms with Crippen LogP contribution in [0, 0.1) is 0 Å². The molecule has 0 saturated heterocycles. The average Bonchev–Trinajstić information content (AvgIpc) is 1.27. The maximum atomic E-state index is 9.62. The lowest BCUT2D eigenvalue weighted by Gasteiger charge is -1.85. The van der Waals surface area contributed by atoms with Crippen molar-refractivity contribution in [2.75, 3.05) is 0 Å². The molecule has 3 N–H and O–H groups in total. The molecular weight excluding hydrogens is 119 g/mol. The zero-order valence-electron chi connectivity index (χ0n) is 3.27. The Balaban J connectivity index is 3.32. The van der Waals surface area contributed by atoms with Crippen molar-refractivity contribution < 1.29 is 9.59 Å². The number of urea groups is 1. The number of amides is 3. The van der Waals surface area contributed by atoms with Crippen LogP contribution < -0.4 is 11.1 Å². The van der Waals surface area contributed by atoms with E-state index in [1.165, 1.54) is 0 Å². The Morgan fingerprint density at radius 3 is 2.00 bits per heavy atom. The molecular formula is C2H3ClN2O2. The van der Waals surface area contributed by atoms with E-state index in [0.29, 0.717) is 0 Å². The van der Waals surface area contributed by atoms with E-state index < -0.39 is 11.4 Å². The molecule has 4 nitrogen and oxygen atoms in total. The summed E-state index contributed by atoms with van der Waals surface area (Å²) >= 11 is 4.62. The van der Waals surface area contributed by atoms with Crippen LogP contribution in [-0.4, -0.2) is 11.4 Å². The molecule has 0 bridgehead atoms. The highest BCUT2D eigenvalue weighted by atomic mass is 35.5. The number of nitrogens with two attached hydrogens (primary N) is 1. The lowest BCUT2D eigenvalue weighted by Crippen LogP contribution is -2.30. The Morgan fingerprint density at radius 2 is 2.00 bits per heavy atom. The minimum absolute atomic E-state index is 0.944. The van der Waals surface area contributed by atoms with Crippen LogP contribution in [0.1, 0.15) is 0 Å². The van der Waals surface area contributed by atoms with Crippen molar-refractivity contribution >= 4 is 23.0 Å². The van der Waals surface area contributed by atoms with Gasteiger partial charge in [-0.05, 0) is 11.6 Å². The van der Waals surface area contributed by atoms with Crippen molar-refractivity contribution in [1.82, 2.24) is 5.32 Å². The Hall–Kier alpha value is -0.770. The summed E-state index contributed by atoms with van der Waals surface area (Å²) in [5.41, 5.74) is 4.44. The summed E-state index contributed by atoms with van der Waals surface area (Å²) in [6, 6.07) is -0.944. The highest BCUT2D eigenvalue weighted by Crippen LogP contribution is 1.72. The summed E-state index contributed by atoms with van der Waals surface area (Å²) in [6.45, 7) is 0. The van der Waals surface area contributed by atoms with Crippen LogP contribution in [0.15, 0.2) is 0 Å². The number of imide groups is 1. The van der Waals surface area contributed by atoms with E-state index in [1.807, 2.05) is 0 Å². The molecule has 0 spiro atoms. The molecule has 0 aromatic rings. The number of hydrogen-bond donors (Lipinski definition) is 2. The normalized spacial score (nSPS) is 7.57.